The molecule has 0 radical (unpaired) electrons. The normalized spacial score (nSPS) is 13.2. The molecular weight excluding hydrogens is 818 g/mol. The summed E-state index contributed by atoms with van der Waals surface area (Å²) in [6.07, 6.45) is -4.58. The van der Waals surface area contributed by atoms with Crippen molar-refractivity contribution in [3.63, 3.8) is 0 Å². The van der Waals surface area contributed by atoms with Crippen LogP contribution in [0.2, 0.25) is 0 Å². The minimum atomic E-state index is -4.58. The average molecular weight is 865 g/mol. The van der Waals surface area contributed by atoms with Crippen molar-refractivity contribution in [1.29, 1.82) is 0 Å². The molecule has 0 aliphatic heterocycles. The Labute approximate surface area is 340 Å². The molecule has 0 saturated carbocycles. The van der Waals surface area contributed by atoms with Crippen molar-refractivity contribution in [1.82, 2.24) is 9.97 Å². The smallest absolute Gasteiger partial charge is 0.301 e. The second-order valence-electron chi connectivity index (χ2n) is 16.4. The SMILES string of the molecule is CC(C)(C)c1csc(NC(=O)C(C)(C)S(=O)(=O)c2ccc3ccccc3c2)n1.Cc1nc(NC(=O)C(C)(C)S(=O)(=O)c2ccc(C(F)(F)F)cc2)sc1C(C)(C)C. The molecule has 0 spiro atoms. The van der Waals surface area contributed by atoms with Gasteiger partial charge in [-0.2, -0.15) is 13.2 Å². The van der Waals surface area contributed by atoms with Crippen LogP contribution >= 0.6 is 22.7 Å². The molecule has 0 aliphatic rings. The first kappa shape index (κ1) is 45.5. The van der Waals surface area contributed by atoms with Gasteiger partial charge in [-0.25, -0.2) is 26.8 Å². The lowest BCUT2D eigenvalue weighted by Crippen LogP contribution is -2.44. The van der Waals surface area contributed by atoms with Crippen molar-refractivity contribution in [3.05, 3.63) is 93.9 Å². The van der Waals surface area contributed by atoms with Crippen LogP contribution in [0.5, 0.6) is 0 Å². The van der Waals surface area contributed by atoms with Crippen molar-refractivity contribution in [2.24, 2.45) is 0 Å². The molecule has 57 heavy (non-hydrogen) atoms. The number of aromatic nitrogens is 2. The Kier molecular flexibility index (Phi) is 12.7. The lowest BCUT2D eigenvalue weighted by molar-refractivity contribution is -0.137. The van der Waals surface area contributed by atoms with Crippen LogP contribution < -0.4 is 10.6 Å². The molecular formula is C40H47F3N4O6S4. The summed E-state index contributed by atoms with van der Waals surface area (Å²) in [7, 11) is -8.16. The first-order chi connectivity index (χ1) is 25.9. The number of nitrogens with zero attached hydrogens (tertiary/aromatic N) is 2. The van der Waals surface area contributed by atoms with Crippen LogP contribution in [-0.2, 0) is 46.3 Å². The molecule has 5 aromatic rings. The Morgan fingerprint density at radius 1 is 0.632 bits per heavy atom. The van der Waals surface area contributed by atoms with E-state index in [4.69, 9.17) is 0 Å². The second-order valence-corrected chi connectivity index (χ2v) is 23.3. The van der Waals surface area contributed by atoms with Gasteiger partial charge >= 0.3 is 6.18 Å². The summed E-state index contributed by atoms with van der Waals surface area (Å²) in [4.78, 5) is 35.0. The van der Waals surface area contributed by atoms with Gasteiger partial charge in [0, 0.05) is 15.7 Å². The van der Waals surface area contributed by atoms with E-state index in [1.54, 1.807) is 25.1 Å². The van der Waals surface area contributed by atoms with Crippen molar-refractivity contribution in [2.45, 2.75) is 112 Å². The number of fused-ring (bicyclic) bond motifs is 1. The molecule has 0 aliphatic carbocycles. The molecule has 0 atom stereocenters. The van der Waals surface area contributed by atoms with Crippen molar-refractivity contribution in [2.75, 3.05) is 10.6 Å². The maximum absolute atomic E-state index is 13.2. The number of amides is 2. The summed E-state index contributed by atoms with van der Waals surface area (Å²) in [5, 5.41) is 9.52. The number of carbonyl (C=O) groups is 2. The first-order valence-electron chi connectivity index (χ1n) is 17.6. The Morgan fingerprint density at radius 3 is 1.60 bits per heavy atom. The number of halogens is 3. The van der Waals surface area contributed by atoms with Crippen LogP contribution in [0.4, 0.5) is 23.4 Å². The summed E-state index contributed by atoms with van der Waals surface area (Å²) in [6.45, 7) is 19.1. The molecule has 5 rings (SSSR count). The Bertz CT molecular complexity index is 2510. The highest BCUT2D eigenvalue weighted by atomic mass is 32.2. The molecule has 2 aromatic heterocycles. The summed E-state index contributed by atoms with van der Waals surface area (Å²) in [5.74, 6) is -1.41. The molecule has 0 saturated heterocycles. The number of anilines is 2. The fourth-order valence-corrected chi connectivity index (χ4v) is 10.1. The third-order valence-electron chi connectivity index (χ3n) is 9.15. The Balaban J connectivity index is 0.000000253. The largest absolute Gasteiger partial charge is 0.416 e. The maximum Gasteiger partial charge on any atom is 0.416 e. The number of aryl methyl sites for hydroxylation is 1. The molecule has 308 valence electrons. The van der Waals surface area contributed by atoms with Gasteiger partial charge in [0.1, 0.15) is 9.49 Å². The van der Waals surface area contributed by atoms with Gasteiger partial charge in [-0.3, -0.25) is 9.59 Å². The lowest BCUT2D eigenvalue weighted by Gasteiger charge is -2.23. The average Bonchev–Trinajstić information content (AvgIpc) is 3.74. The van der Waals surface area contributed by atoms with E-state index in [1.807, 2.05) is 71.2 Å². The van der Waals surface area contributed by atoms with Gasteiger partial charge in [0.05, 0.1) is 26.7 Å². The van der Waals surface area contributed by atoms with E-state index >= 15 is 0 Å². The molecule has 10 nitrogen and oxygen atoms in total. The Morgan fingerprint density at radius 2 is 1.12 bits per heavy atom. The number of hydrogen-bond donors (Lipinski definition) is 2. The quantitative estimate of drug-likeness (QED) is 0.156. The zero-order valence-electron chi connectivity index (χ0n) is 33.5. The molecule has 0 unspecified atom stereocenters. The molecule has 0 fully saturated rings. The van der Waals surface area contributed by atoms with Crippen LogP contribution in [0.15, 0.2) is 81.9 Å². The number of thiazole rings is 2. The number of carbonyl (C=O) groups excluding carboxylic acids is 2. The zero-order chi connectivity index (χ0) is 43.2. The molecule has 0 bridgehead atoms. The minimum absolute atomic E-state index is 0.126. The van der Waals surface area contributed by atoms with Crippen molar-refractivity contribution in [3.8, 4) is 0 Å². The van der Waals surface area contributed by atoms with Gasteiger partial charge in [0.15, 0.2) is 29.9 Å². The van der Waals surface area contributed by atoms with Gasteiger partial charge in [-0.1, -0.05) is 71.9 Å². The van der Waals surface area contributed by atoms with Crippen LogP contribution in [0, 0.1) is 6.92 Å². The third-order valence-corrected chi connectivity index (χ3v) is 16.2. The van der Waals surface area contributed by atoms with Gasteiger partial charge in [0.25, 0.3) is 0 Å². The summed E-state index contributed by atoms with van der Waals surface area (Å²) >= 11 is 2.55. The van der Waals surface area contributed by atoms with Gasteiger partial charge in [-0.05, 0) is 87.2 Å². The number of rotatable bonds is 8. The standard InChI is InChI=1S/C21H24N2O3S2.C19H23F3N2O3S2/c1-20(2,3)17-13-27-19(22-17)23-18(24)21(4,5)28(25,26)16-11-10-14-8-6-7-9-15(14)12-16;1-11-14(17(2,3)4)28-16(23-11)24-15(25)18(5,6)29(26,27)13-9-7-12(8-10-13)19(20,21)22/h6-13H,1-5H3,(H,22,23,24);7-10H,1-6H3,(H,23,24,25). The number of hydrogen-bond acceptors (Lipinski definition) is 10. The van der Waals surface area contributed by atoms with Crippen LogP contribution in [0.3, 0.4) is 0 Å². The summed E-state index contributed by atoms with van der Waals surface area (Å²) in [6, 6.07) is 15.5. The second kappa shape index (κ2) is 15.9. The first-order valence-corrected chi connectivity index (χ1v) is 22.3. The fraction of sp³-hybridized carbons (Fsp3) is 0.400. The Hall–Kier alpha value is -4.19. The maximum atomic E-state index is 13.2. The molecule has 2 N–H and O–H groups in total. The van der Waals surface area contributed by atoms with E-state index in [2.05, 4.69) is 20.6 Å². The van der Waals surface area contributed by atoms with Crippen LogP contribution in [0.1, 0.15) is 91.1 Å². The highest BCUT2D eigenvalue weighted by molar-refractivity contribution is 7.94. The van der Waals surface area contributed by atoms with E-state index in [0.717, 1.165) is 39.2 Å². The van der Waals surface area contributed by atoms with E-state index in [-0.39, 0.29) is 25.8 Å². The summed E-state index contributed by atoms with van der Waals surface area (Å²) < 4.78 is 86.9. The van der Waals surface area contributed by atoms with Crippen LogP contribution in [-0.4, -0.2) is 48.1 Å². The highest BCUT2D eigenvalue weighted by Crippen LogP contribution is 2.36. The highest BCUT2D eigenvalue weighted by Gasteiger charge is 2.45. The zero-order valence-corrected chi connectivity index (χ0v) is 36.8. The third kappa shape index (κ3) is 9.75. The van der Waals surface area contributed by atoms with Crippen LogP contribution in [0.25, 0.3) is 10.8 Å². The molecule has 2 amide bonds. The lowest BCUT2D eigenvalue weighted by atomic mass is 9.93. The van der Waals surface area contributed by atoms with E-state index in [9.17, 15) is 39.6 Å². The topological polar surface area (TPSA) is 152 Å². The number of nitrogens with one attached hydrogen (secondary N) is 2. The monoisotopic (exact) mass is 864 g/mol. The van der Waals surface area contributed by atoms with Crippen molar-refractivity contribution >= 4 is 75.2 Å². The summed E-state index contributed by atoms with van der Waals surface area (Å²) in [5.41, 5.74) is 0.287. The van der Waals surface area contributed by atoms with E-state index in [0.29, 0.717) is 17.3 Å². The number of alkyl halides is 3. The number of sulfone groups is 2. The van der Waals surface area contributed by atoms with Gasteiger partial charge in [0.2, 0.25) is 11.8 Å². The van der Waals surface area contributed by atoms with Gasteiger partial charge in [-0.15, -0.1) is 22.7 Å². The van der Waals surface area contributed by atoms with Crippen molar-refractivity contribution < 1.29 is 39.6 Å². The predicted molar refractivity (Wildman–Crippen MR) is 222 cm³/mol. The van der Waals surface area contributed by atoms with E-state index in [1.165, 1.54) is 50.4 Å². The minimum Gasteiger partial charge on any atom is -0.301 e. The number of benzene rings is 3. The molecule has 2 heterocycles. The molecule has 17 heteroatoms. The fourth-order valence-electron chi connectivity index (χ4n) is 5.31. The van der Waals surface area contributed by atoms with Gasteiger partial charge < -0.3 is 10.6 Å². The predicted octanol–water partition coefficient (Wildman–Crippen LogP) is 9.74. The van der Waals surface area contributed by atoms with E-state index < -0.39 is 52.7 Å². The molecule has 3 aromatic carbocycles.